The molecule has 1 aromatic carbocycles. The van der Waals surface area contributed by atoms with Gasteiger partial charge in [-0.25, -0.2) is 0 Å². The van der Waals surface area contributed by atoms with E-state index in [4.69, 9.17) is 4.74 Å². The van der Waals surface area contributed by atoms with Crippen LogP contribution in [0.1, 0.15) is 22.8 Å². The summed E-state index contributed by atoms with van der Waals surface area (Å²) in [5.41, 5.74) is 2.61. The van der Waals surface area contributed by atoms with Crippen molar-refractivity contribution in [2.45, 2.75) is 13.3 Å². The molecule has 0 saturated carbocycles. The number of Topliss-reactive ketones (excluding diaryl/α,β-unsaturated/α-hetero) is 1. The van der Waals surface area contributed by atoms with Crippen molar-refractivity contribution in [1.82, 2.24) is 0 Å². The van der Waals surface area contributed by atoms with E-state index in [1.165, 1.54) is 0 Å². The Morgan fingerprint density at radius 1 is 1.53 bits per heavy atom. The molecule has 0 atom stereocenters. The van der Waals surface area contributed by atoms with E-state index in [1.807, 2.05) is 25.1 Å². The predicted octanol–water partition coefficient (Wildman–Crippen LogP) is 3.11. The van der Waals surface area contributed by atoms with Crippen LogP contribution in [0.2, 0.25) is 0 Å². The fraction of sp³-hybridized carbons (Fsp3) is 0.250. The SMILES string of the molecule is CCO/C=C1/Cc2ccc(Br)cc2C1=O. The van der Waals surface area contributed by atoms with Crippen LogP contribution in [0.3, 0.4) is 0 Å². The molecule has 2 nitrogen and oxygen atoms in total. The molecule has 0 N–H and O–H groups in total. The second kappa shape index (κ2) is 4.19. The standard InChI is InChI=1S/C12H11BrO2/c1-2-15-7-9-5-8-3-4-10(13)6-11(8)12(9)14/h3-4,6-7H,2,5H2,1H3/b9-7-. The zero-order chi connectivity index (χ0) is 10.8. The number of ether oxygens (including phenoxy) is 1. The molecule has 1 aromatic rings. The average molecular weight is 267 g/mol. The summed E-state index contributed by atoms with van der Waals surface area (Å²) in [6.45, 7) is 2.50. The van der Waals surface area contributed by atoms with Gasteiger partial charge in [0.25, 0.3) is 0 Å². The molecular weight excluding hydrogens is 256 g/mol. The minimum Gasteiger partial charge on any atom is -0.501 e. The summed E-state index contributed by atoms with van der Waals surface area (Å²) in [6.07, 6.45) is 2.26. The number of halogens is 1. The van der Waals surface area contributed by atoms with Crippen molar-refractivity contribution in [1.29, 1.82) is 0 Å². The minimum atomic E-state index is 0.0831. The van der Waals surface area contributed by atoms with Crippen LogP contribution in [-0.4, -0.2) is 12.4 Å². The third-order valence-corrected chi connectivity index (χ3v) is 2.87. The fourth-order valence-corrected chi connectivity index (χ4v) is 2.01. The number of hydrogen-bond acceptors (Lipinski definition) is 2. The van der Waals surface area contributed by atoms with Crippen molar-refractivity contribution < 1.29 is 9.53 Å². The number of hydrogen-bond donors (Lipinski definition) is 0. The number of fused-ring (bicyclic) bond motifs is 1. The van der Waals surface area contributed by atoms with E-state index in [0.717, 1.165) is 21.2 Å². The van der Waals surface area contributed by atoms with Gasteiger partial charge in [-0.2, -0.15) is 0 Å². The normalized spacial score (nSPS) is 16.9. The van der Waals surface area contributed by atoms with Crippen LogP contribution in [0.15, 0.2) is 34.5 Å². The number of allylic oxidation sites excluding steroid dienone is 1. The Labute approximate surface area is 97.1 Å². The molecule has 1 aliphatic rings. The zero-order valence-electron chi connectivity index (χ0n) is 8.42. The molecule has 0 fully saturated rings. The van der Waals surface area contributed by atoms with E-state index in [2.05, 4.69) is 15.9 Å². The summed E-state index contributed by atoms with van der Waals surface area (Å²) in [5, 5.41) is 0. The molecule has 0 unspecified atom stereocenters. The van der Waals surface area contributed by atoms with Gasteiger partial charge in [0.1, 0.15) is 0 Å². The number of rotatable bonds is 2. The number of benzene rings is 1. The summed E-state index contributed by atoms with van der Waals surface area (Å²) in [7, 11) is 0. The summed E-state index contributed by atoms with van der Waals surface area (Å²) in [6, 6.07) is 5.80. The monoisotopic (exact) mass is 266 g/mol. The number of ketones is 1. The number of carbonyl (C=O) groups is 1. The smallest absolute Gasteiger partial charge is 0.192 e. The number of carbonyl (C=O) groups excluding carboxylic acids is 1. The maximum absolute atomic E-state index is 11.9. The molecule has 3 heteroatoms. The largest absolute Gasteiger partial charge is 0.501 e. The molecule has 0 saturated heterocycles. The lowest BCUT2D eigenvalue weighted by molar-refractivity contribution is 0.103. The maximum atomic E-state index is 11.9. The van der Waals surface area contributed by atoms with Gasteiger partial charge in [0, 0.05) is 22.0 Å². The Balaban J connectivity index is 2.33. The van der Waals surface area contributed by atoms with Crippen molar-refractivity contribution in [2.24, 2.45) is 0 Å². The van der Waals surface area contributed by atoms with Gasteiger partial charge in [-0.3, -0.25) is 4.79 Å². The summed E-state index contributed by atoms with van der Waals surface area (Å²) >= 11 is 3.36. The van der Waals surface area contributed by atoms with Crippen LogP contribution >= 0.6 is 15.9 Å². The van der Waals surface area contributed by atoms with Crippen molar-refractivity contribution >= 4 is 21.7 Å². The molecule has 2 rings (SSSR count). The summed E-state index contributed by atoms with van der Waals surface area (Å²) < 4.78 is 6.09. The Morgan fingerprint density at radius 2 is 2.33 bits per heavy atom. The highest BCUT2D eigenvalue weighted by Gasteiger charge is 2.25. The highest BCUT2D eigenvalue weighted by atomic mass is 79.9. The van der Waals surface area contributed by atoms with E-state index in [0.29, 0.717) is 13.0 Å². The van der Waals surface area contributed by atoms with Crippen LogP contribution in [-0.2, 0) is 11.2 Å². The fourth-order valence-electron chi connectivity index (χ4n) is 1.65. The third kappa shape index (κ3) is 1.97. The Hall–Kier alpha value is -1.09. The Kier molecular flexibility index (Phi) is 2.91. The first-order valence-corrected chi connectivity index (χ1v) is 5.65. The van der Waals surface area contributed by atoms with Crippen molar-refractivity contribution in [3.05, 3.63) is 45.6 Å². The highest BCUT2D eigenvalue weighted by molar-refractivity contribution is 9.10. The van der Waals surface area contributed by atoms with Crippen molar-refractivity contribution in [3.63, 3.8) is 0 Å². The molecule has 0 bridgehead atoms. The van der Waals surface area contributed by atoms with Gasteiger partial charge in [-0.05, 0) is 24.6 Å². The molecule has 0 radical (unpaired) electrons. The molecular formula is C12H11BrO2. The van der Waals surface area contributed by atoms with E-state index in [1.54, 1.807) is 6.26 Å². The van der Waals surface area contributed by atoms with Crippen LogP contribution in [0.25, 0.3) is 0 Å². The third-order valence-electron chi connectivity index (χ3n) is 2.38. The van der Waals surface area contributed by atoms with Gasteiger partial charge in [-0.15, -0.1) is 0 Å². The first-order valence-electron chi connectivity index (χ1n) is 4.86. The van der Waals surface area contributed by atoms with Crippen LogP contribution < -0.4 is 0 Å². The minimum absolute atomic E-state index is 0.0831. The summed E-state index contributed by atoms with van der Waals surface area (Å²) in [5.74, 6) is 0.0831. The topological polar surface area (TPSA) is 26.3 Å². The Bertz CT molecular complexity index is 435. The molecule has 0 heterocycles. The molecule has 0 spiro atoms. The van der Waals surface area contributed by atoms with Gasteiger partial charge < -0.3 is 4.74 Å². The molecule has 0 amide bonds. The average Bonchev–Trinajstić information content (AvgIpc) is 2.53. The van der Waals surface area contributed by atoms with Gasteiger partial charge in [0.05, 0.1) is 12.9 Å². The first kappa shape index (κ1) is 10.4. The van der Waals surface area contributed by atoms with Crippen molar-refractivity contribution in [3.8, 4) is 0 Å². The van der Waals surface area contributed by atoms with E-state index in [-0.39, 0.29) is 5.78 Å². The van der Waals surface area contributed by atoms with Crippen molar-refractivity contribution in [2.75, 3.05) is 6.61 Å². The molecule has 1 aliphatic carbocycles. The van der Waals surface area contributed by atoms with Gasteiger partial charge >= 0.3 is 0 Å². The Morgan fingerprint density at radius 3 is 3.07 bits per heavy atom. The second-order valence-electron chi connectivity index (χ2n) is 3.41. The highest BCUT2D eigenvalue weighted by Crippen LogP contribution is 2.28. The first-order chi connectivity index (χ1) is 7.22. The lowest BCUT2D eigenvalue weighted by atomic mass is 10.1. The van der Waals surface area contributed by atoms with Gasteiger partial charge in [-0.1, -0.05) is 22.0 Å². The summed E-state index contributed by atoms with van der Waals surface area (Å²) in [4.78, 5) is 11.9. The second-order valence-corrected chi connectivity index (χ2v) is 4.32. The maximum Gasteiger partial charge on any atom is 0.192 e. The molecule has 0 aromatic heterocycles. The predicted molar refractivity (Wildman–Crippen MR) is 61.9 cm³/mol. The van der Waals surface area contributed by atoms with E-state index < -0.39 is 0 Å². The lowest BCUT2D eigenvalue weighted by Gasteiger charge is -1.96. The lowest BCUT2D eigenvalue weighted by Crippen LogP contribution is -1.96. The van der Waals surface area contributed by atoms with E-state index in [9.17, 15) is 4.79 Å². The molecule has 0 aliphatic heterocycles. The molecule has 15 heavy (non-hydrogen) atoms. The van der Waals surface area contributed by atoms with Crippen LogP contribution in [0.5, 0.6) is 0 Å². The van der Waals surface area contributed by atoms with E-state index >= 15 is 0 Å². The van der Waals surface area contributed by atoms with Gasteiger partial charge in [0.15, 0.2) is 5.78 Å². The van der Waals surface area contributed by atoms with Crippen LogP contribution in [0.4, 0.5) is 0 Å². The quantitative estimate of drug-likeness (QED) is 0.608. The van der Waals surface area contributed by atoms with Gasteiger partial charge in [0.2, 0.25) is 0 Å². The zero-order valence-corrected chi connectivity index (χ0v) is 10.0. The molecule has 78 valence electrons. The van der Waals surface area contributed by atoms with Crippen LogP contribution in [0, 0.1) is 0 Å².